The molecule has 0 aliphatic carbocycles. The van der Waals surface area contributed by atoms with Crippen molar-refractivity contribution in [1.29, 1.82) is 0 Å². The summed E-state index contributed by atoms with van der Waals surface area (Å²) in [5.74, 6) is 0.129. The van der Waals surface area contributed by atoms with Crippen LogP contribution in [0.5, 0.6) is 0 Å². The summed E-state index contributed by atoms with van der Waals surface area (Å²) in [6.45, 7) is 4.70. The van der Waals surface area contributed by atoms with Crippen molar-refractivity contribution in [2.75, 3.05) is 4.90 Å². The number of ether oxygens (including phenoxy) is 1. The lowest BCUT2D eigenvalue weighted by atomic mass is 10.1. The molecule has 1 heterocycles. The molecule has 25 heavy (non-hydrogen) atoms. The lowest BCUT2D eigenvalue weighted by Crippen LogP contribution is -2.34. The van der Waals surface area contributed by atoms with Gasteiger partial charge in [0.15, 0.2) is 0 Å². The predicted octanol–water partition coefficient (Wildman–Crippen LogP) is 2.95. The molecule has 132 valence electrons. The van der Waals surface area contributed by atoms with Gasteiger partial charge in [-0.2, -0.15) is 0 Å². The molecular weight excluding hydrogens is 328 g/mol. The average molecular weight is 346 g/mol. The van der Waals surface area contributed by atoms with Crippen molar-refractivity contribution in [3.63, 3.8) is 0 Å². The van der Waals surface area contributed by atoms with Gasteiger partial charge in [0.2, 0.25) is 0 Å². The minimum absolute atomic E-state index is 0.0184. The SMILES string of the molecule is CC(C)(C)OC(=O)N(c1ccncn1)c1ccc(CO)cc1[N+](=O)[O-]. The van der Waals surface area contributed by atoms with Crippen molar-refractivity contribution >= 4 is 23.3 Å². The largest absolute Gasteiger partial charge is 0.443 e. The zero-order valence-electron chi connectivity index (χ0n) is 14.0. The van der Waals surface area contributed by atoms with E-state index in [4.69, 9.17) is 4.74 Å². The van der Waals surface area contributed by atoms with E-state index >= 15 is 0 Å². The maximum absolute atomic E-state index is 12.7. The van der Waals surface area contributed by atoms with E-state index < -0.39 is 16.6 Å². The number of hydrogen-bond acceptors (Lipinski definition) is 7. The Morgan fingerprint density at radius 3 is 2.60 bits per heavy atom. The smallest absolute Gasteiger partial charge is 0.420 e. The molecule has 1 aromatic carbocycles. The highest BCUT2D eigenvalue weighted by Crippen LogP contribution is 2.34. The fraction of sp³-hybridized carbons (Fsp3) is 0.312. The third-order valence-electron chi connectivity index (χ3n) is 3.03. The number of rotatable bonds is 4. The van der Waals surface area contributed by atoms with Crippen LogP contribution >= 0.6 is 0 Å². The standard InChI is InChI=1S/C16H18N4O5/c1-16(2,3)25-15(22)19(14-6-7-17-10-18-14)12-5-4-11(9-21)8-13(12)20(23)24/h4-8,10,21H,9H2,1-3H3. The van der Waals surface area contributed by atoms with Crippen LogP contribution in [-0.2, 0) is 11.3 Å². The summed E-state index contributed by atoms with van der Waals surface area (Å²) in [7, 11) is 0. The number of aromatic nitrogens is 2. The summed E-state index contributed by atoms with van der Waals surface area (Å²) in [5.41, 5.74) is -0.823. The molecule has 0 unspecified atom stereocenters. The van der Waals surface area contributed by atoms with Crippen molar-refractivity contribution in [3.8, 4) is 0 Å². The van der Waals surface area contributed by atoms with Crippen LogP contribution in [0.3, 0.4) is 0 Å². The number of aliphatic hydroxyl groups excluding tert-OH is 1. The van der Waals surface area contributed by atoms with Crippen molar-refractivity contribution in [2.24, 2.45) is 0 Å². The van der Waals surface area contributed by atoms with Gasteiger partial charge in [-0.05, 0) is 38.5 Å². The first kappa shape index (κ1) is 18.3. The Morgan fingerprint density at radius 2 is 2.08 bits per heavy atom. The summed E-state index contributed by atoms with van der Waals surface area (Å²) in [4.78, 5) is 32.3. The van der Waals surface area contributed by atoms with Gasteiger partial charge in [-0.1, -0.05) is 6.07 Å². The molecule has 0 fully saturated rings. The summed E-state index contributed by atoms with van der Waals surface area (Å²) in [5, 5.41) is 20.6. The molecule has 0 bridgehead atoms. The Hall–Kier alpha value is -3.07. The van der Waals surface area contributed by atoms with Gasteiger partial charge < -0.3 is 9.84 Å². The fourth-order valence-electron chi connectivity index (χ4n) is 2.04. The number of nitro groups is 1. The van der Waals surface area contributed by atoms with Crippen LogP contribution in [0.1, 0.15) is 26.3 Å². The Bertz CT molecular complexity index is 774. The second-order valence-corrected chi connectivity index (χ2v) is 6.12. The van der Waals surface area contributed by atoms with Crippen molar-refractivity contribution in [2.45, 2.75) is 33.0 Å². The molecule has 2 aromatic rings. The molecule has 1 aromatic heterocycles. The number of anilines is 2. The van der Waals surface area contributed by atoms with Crippen LogP contribution in [0.15, 0.2) is 36.8 Å². The number of carbonyl (C=O) groups is 1. The second kappa shape index (κ2) is 7.22. The van der Waals surface area contributed by atoms with Crippen molar-refractivity contribution < 1.29 is 19.6 Å². The zero-order chi connectivity index (χ0) is 18.6. The van der Waals surface area contributed by atoms with Crippen molar-refractivity contribution in [3.05, 3.63) is 52.5 Å². The summed E-state index contributed by atoms with van der Waals surface area (Å²) >= 11 is 0. The number of benzene rings is 1. The number of nitro benzene ring substituents is 1. The fourth-order valence-corrected chi connectivity index (χ4v) is 2.04. The van der Waals surface area contributed by atoms with Gasteiger partial charge in [0.25, 0.3) is 5.69 Å². The van der Waals surface area contributed by atoms with E-state index in [1.807, 2.05) is 0 Å². The van der Waals surface area contributed by atoms with Gasteiger partial charge in [0.05, 0.1) is 11.5 Å². The van der Waals surface area contributed by atoms with Gasteiger partial charge in [-0.3, -0.25) is 10.1 Å². The van der Waals surface area contributed by atoms with Crippen LogP contribution in [0.2, 0.25) is 0 Å². The van der Waals surface area contributed by atoms with Gasteiger partial charge in [0, 0.05) is 12.3 Å². The Balaban J connectivity index is 2.60. The molecule has 0 saturated heterocycles. The third-order valence-corrected chi connectivity index (χ3v) is 3.03. The summed E-state index contributed by atoms with van der Waals surface area (Å²) in [6.07, 6.45) is 1.82. The van der Waals surface area contributed by atoms with Crippen LogP contribution in [0.25, 0.3) is 0 Å². The molecule has 2 rings (SSSR count). The van der Waals surface area contributed by atoms with E-state index in [0.717, 1.165) is 4.90 Å². The molecule has 9 heteroatoms. The molecule has 0 spiro atoms. The van der Waals surface area contributed by atoms with Gasteiger partial charge in [-0.15, -0.1) is 0 Å². The quantitative estimate of drug-likeness (QED) is 0.667. The number of hydrogen-bond donors (Lipinski definition) is 1. The molecular formula is C16H18N4O5. The van der Waals surface area contributed by atoms with Gasteiger partial charge in [0.1, 0.15) is 23.4 Å². The maximum Gasteiger partial charge on any atom is 0.420 e. The first-order valence-electron chi connectivity index (χ1n) is 7.40. The molecule has 0 radical (unpaired) electrons. The maximum atomic E-state index is 12.7. The van der Waals surface area contributed by atoms with E-state index in [9.17, 15) is 20.0 Å². The summed E-state index contributed by atoms with van der Waals surface area (Å²) < 4.78 is 5.35. The van der Waals surface area contributed by atoms with Gasteiger partial charge in [-0.25, -0.2) is 19.7 Å². The van der Waals surface area contributed by atoms with Crippen LogP contribution in [0, 0.1) is 10.1 Å². The monoisotopic (exact) mass is 346 g/mol. The van der Waals surface area contributed by atoms with E-state index in [2.05, 4.69) is 9.97 Å². The van der Waals surface area contributed by atoms with E-state index in [1.165, 1.54) is 36.8 Å². The molecule has 1 amide bonds. The number of amides is 1. The van der Waals surface area contributed by atoms with Gasteiger partial charge >= 0.3 is 6.09 Å². The Labute approximate surface area is 144 Å². The lowest BCUT2D eigenvalue weighted by molar-refractivity contribution is -0.384. The van der Waals surface area contributed by atoms with E-state index in [-0.39, 0.29) is 23.8 Å². The normalized spacial score (nSPS) is 11.0. The molecule has 0 atom stereocenters. The first-order valence-corrected chi connectivity index (χ1v) is 7.40. The average Bonchev–Trinajstić information content (AvgIpc) is 2.54. The van der Waals surface area contributed by atoms with Crippen LogP contribution < -0.4 is 4.90 Å². The number of nitrogens with zero attached hydrogens (tertiary/aromatic N) is 4. The Kier molecular flexibility index (Phi) is 5.28. The summed E-state index contributed by atoms with van der Waals surface area (Å²) in [6, 6.07) is 5.50. The molecule has 0 aliphatic rings. The highest BCUT2D eigenvalue weighted by molar-refractivity contribution is 5.97. The highest BCUT2D eigenvalue weighted by Gasteiger charge is 2.31. The number of carbonyl (C=O) groups excluding carboxylic acids is 1. The molecule has 0 aliphatic heterocycles. The second-order valence-electron chi connectivity index (χ2n) is 6.12. The van der Waals surface area contributed by atoms with Crippen LogP contribution in [-0.4, -0.2) is 31.7 Å². The number of aliphatic hydroxyl groups is 1. The van der Waals surface area contributed by atoms with Crippen molar-refractivity contribution in [1.82, 2.24) is 9.97 Å². The van der Waals surface area contributed by atoms with E-state index in [0.29, 0.717) is 5.56 Å². The lowest BCUT2D eigenvalue weighted by Gasteiger charge is -2.26. The molecule has 9 nitrogen and oxygen atoms in total. The minimum atomic E-state index is -0.814. The van der Waals surface area contributed by atoms with Crippen LogP contribution in [0.4, 0.5) is 22.0 Å². The molecule has 1 N–H and O–H groups in total. The third kappa shape index (κ3) is 4.48. The predicted molar refractivity (Wildman–Crippen MR) is 89.4 cm³/mol. The highest BCUT2D eigenvalue weighted by atomic mass is 16.6. The Morgan fingerprint density at radius 1 is 1.36 bits per heavy atom. The zero-order valence-corrected chi connectivity index (χ0v) is 14.0. The molecule has 0 saturated carbocycles. The van der Waals surface area contributed by atoms with E-state index in [1.54, 1.807) is 20.8 Å². The minimum Gasteiger partial charge on any atom is -0.443 e. The topological polar surface area (TPSA) is 119 Å². The first-order chi connectivity index (χ1) is 11.7.